The van der Waals surface area contributed by atoms with Crippen LogP contribution in [0.1, 0.15) is 20.8 Å². The number of esters is 1. The average molecular weight is 200 g/mol. The van der Waals surface area contributed by atoms with Gasteiger partial charge in [-0.3, -0.25) is 0 Å². The van der Waals surface area contributed by atoms with Crippen LogP contribution < -0.4 is 0 Å². The second-order valence-electron chi connectivity index (χ2n) is 2.63. The molecule has 0 aliphatic carbocycles. The van der Waals surface area contributed by atoms with Crippen LogP contribution in [0.25, 0.3) is 0 Å². The molecule has 14 heavy (non-hydrogen) atoms. The molecule has 0 atom stereocenters. The first-order chi connectivity index (χ1) is 6.40. The number of hydrogen-bond acceptors (Lipinski definition) is 3. The molecule has 0 amide bonds. The second kappa shape index (κ2) is 9.51. The van der Waals surface area contributed by atoms with Gasteiger partial charge in [0, 0.05) is 12.2 Å². The van der Waals surface area contributed by atoms with Crippen molar-refractivity contribution in [3.05, 3.63) is 24.3 Å². The minimum absolute atomic E-state index is 0.253. The highest BCUT2D eigenvalue weighted by atomic mass is 16.5. The molecule has 0 fully saturated rings. The fourth-order valence-corrected chi connectivity index (χ4v) is 0.330. The Kier molecular flexibility index (Phi) is 10.1. The highest BCUT2D eigenvalue weighted by Gasteiger charge is 1.94. The molecule has 0 saturated heterocycles. The molecule has 0 radical (unpaired) electrons. The molecule has 0 spiro atoms. The molecule has 0 aromatic carbocycles. The fourth-order valence-electron chi connectivity index (χ4n) is 0.330. The number of aliphatic carboxylic acids is 1. The first-order valence-electron chi connectivity index (χ1n) is 4.10. The normalized spacial score (nSPS) is 8.79. The topological polar surface area (TPSA) is 63.6 Å². The minimum atomic E-state index is -1.16. The molecule has 0 unspecified atom stereocenters. The van der Waals surface area contributed by atoms with Gasteiger partial charge in [-0.15, -0.1) is 6.58 Å². The average Bonchev–Trinajstić information content (AvgIpc) is 2.00. The Hall–Kier alpha value is -1.58. The van der Waals surface area contributed by atoms with E-state index < -0.39 is 11.9 Å². The standard InChI is InChI=1S/C6H8O4.C4H8/c1-2-10-6(9)4-3-5(7)8;1-4(2)3/h3-4H,2H2,1H3,(H,7,8);1H2,2-3H3/b4-3-;. The Morgan fingerprint density at radius 2 is 1.79 bits per heavy atom. The first-order valence-corrected chi connectivity index (χ1v) is 4.10. The van der Waals surface area contributed by atoms with Crippen molar-refractivity contribution >= 4 is 11.9 Å². The highest BCUT2D eigenvalue weighted by Crippen LogP contribution is 1.80. The van der Waals surface area contributed by atoms with Crippen molar-refractivity contribution in [2.45, 2.75) is 20.8 Å². The van der Waals surface area contributed by atoms with Crippen LogP contribution >= 0.6 is 0 Å². The SMILES string of the molecule is C=C(C)C.CCOC(=O)/C=C\C(=O)O. The summed E-state index contributed by atoms with van der Waals surface area (Å²) in [6, 6.07) is 0. The maximum absolute atomic E-state index is 10.4. The van der Waals surface area contributed by atoms with Gasteiger partial charge >= 0.3 is 11.9 Å². The van der Waals surface area contributed by atoms with Gasteiger partial charge in [0.1, 0.15) is 0 Å². The van der Waals surface area contributed by atoms with Gasteiger partial charge in [0.2, 0.25) is 0 Å². The molecule has 0 aliphatic rings. The van der Waals surface area contributed by atoms with Crippen LogP contribution in [0.15, 0.2) is 24.3 Å². The third kappa shape index (κ3) is 22.4. The lowest BCUT2D eigenvalue weighted by Crippen LogP contribution is -2.00. The van der Waals surface area contributed by atoms with Gasteiger partial charge in [-0.25, -0.2) is 9.59 Å². The number of carboxylic acid groups (broad SMARTS) is 1. The number of carbonyl (C=O) groups is 2. The Labute approximate surface area is 83.9 Å². The molecule has 1 N–H and O–H groups in total. The summed E-state index contributed by atoms with van der Waals surface area (Å²) < 4.78 is 4.40. The third-order valence-corrected chi connectivity index (χ3v) is 0.649. The number of carbonyl (C=O) groups excluding carboxylic acids is 1. The van der Waals surface area contributed by atoms with Crippen molar-refractivity contribution in [1.82, 2.24) is 0 Å². The zero-order chi connectivity index (χ0) is 11.6. The van der Waals surface area contributed by atoms with Crippen molar-refractivity contribution in [3.63, 3.8) is 0 Å². The smallest absolute Gasteiger partial charge is 0.330 e. The Bertz CT molecular complexity index is 224. The number of ether oxygens (including phenoxy) is 1. The molecule has 4 nitrogen and oxygen atoms in total. The lowest BCUT2D eigenvalue weighted by molar-refractivity contribution is -0.138. The second-order valence-corrected chi connectivity index (χ2v) is 2.63. The van der Waals surface area contributed by atoms with E-state index in [1.807, 2.05) is 13.8 Å². The Morgan fingerprint density at radius 1 is 1.36 bits per heavy atom. The van der Waals surface area contributed by atoms with E-state index in [0.717, 1.165) is 12.2 Å². The lowest BCUT2D eigenvalue weighted by atomic mass is 10.4. The first kappa shape index (κ1) is 14.9. The van der Waals surface area contributed by atoms with Gasteiger partial charge < -0.3 is 9.84 Å². The highest BCUT2D eigenvalue weighted by molar-refractivity contribution is 5.90. The van der Waals surface area contributed by atoms with E-state index in [-0.39, 0.29) is 6.61 Å². The molecule has 0 heterocycles. The van der Waals surface area contributed by atoms with E-state index in [0.29, 0.717) is 0 Å². The molecule has 0 saturated carbocycles. The van der Waals surface area contributed by atoms with Crippen LogP contribution in [0, 0.1) is 0 Å². The van der Waals surface area contributed by atoms with E-state index in [2.05, 4.69) is 11.3 Å². The monoisotopic (exact) mass is 200 g/mol. The van der Waals surface area contributed by atoms with E-state index in [4.69, 9.17) is 5.11 Å². The van der Waals surface area contributed by atoms with E-state index >= 15 is 0 Å². The molecular formula is C10H16O4. The summed E-state index contributed by atoms with van der Waals surface area (Å²) >= 11 is 0. The number of carboxylic acids is 1. The van der Waals surface area contributed by atoms with Gasteiger partial charge in [0.05, 0.1) is 6.61 Å². The summed E-state index contributed by atoms with van der Waals surface area (Å²) in [6.45, 7) is 9.40. The molecule has 0 aromatic heterocycles. The van der Waals surface area contributed by atoms with Gasteiger partial charge in [-0.05, 0) is 20.8 Å². The molecular weight excluding hydrogens is 184 g/mol. The van der Waals surface area contributed by atoms with Crippen molar-refractivity contribution in [3.8, 4) is 0 Å². The third-order valence-electron chi connectivity index (χ3n) is 0.649. The molecule has 0 aromatic rings. The number of rotatable bonds is 3. The van der Waals surface area contributed by atoms with Crippen LogP contribution in [0.5, 0.6) is 0 Å². The molecule has 4 heteroatoms. The predicted octanol–water partition coefficient (Wildman–Crippen LogP) is 1.77. The van der Waals surface area contributed by atoms with Crippen LogP contribution in [0.3, 0.4) is 0 Å². The van der Waals surface area contributed by atoms with Crippen molar-refractivity contribution in [1.29, 1.82) is 0 Å². The zero-order valence-corrected chi connectivity index (χ0v) is 8.74. The number of allylic oxidation sites excluding steroid dienone is 1. The summed E-state index contributed by atoms with van der Waals surface area (Å²) in [5, 5.41) is 8.04. The van der Waals surface area contributed by atoms with E-state index in [9.17, 15) is 9.59 Å². The van der Waals surface area contributed by atoms with E-state index in [1.165, 1.54) is 5.57 Å². The summed E-state index contributed by atoms with van der Waals surface area (Å²) in [5.41, 5.74) is 1.17. The van der Waals surface area contributed by atoms with Crippen LogP contribution in [0.2, 0.25) is 0 Å². The maximum atomic E-state index is 10.4. The van der Waals surface area contributed by atoms with Crippen LogP contribution in [-0.2, 0) is 14.3 Å². The molecule has 80 valence electrons. The molecule has 0 aliphatic heterocycles. The summed E-state index contributed by atoms with van der Waals surface area (Å²) in [6.07, 6.45) is 1.60. The van der Waals surface area contributed by atoms with Crippen molar-refractivity contribution < 1.29 is 19.4 Å². The predicted molar refractivity (Wildman–Crippen MR) is 53.9 cm³/mol. The Balaban J connectivity index is 0. The quantitative estimate of drug-likeness (QED) is 0.428. The van der Waals surface area contributed by atoms with Gasteiger partial charge in [-0.1, -0.05) is 5.57 Å². The Morgan fingerprint density at radius 3 is 2.07 bits per heavy atom. The van der Waals surface area contributed by atoms with Gasteiger partial charge in [0.15, 0.2) is 0 Å². The fraction of sp³-hybridized carbons (Fsp3) is 0.400. The molecule has 0 bridgehead atoms. The lowest BCUT2D eigenvalue weighted by Gasteiger charge is -1.92. The van der Waals surface area contributed by atoms with Crippen LogP contribution in [0.4, 0.5) is 0 Å². The van der Waals surface area contributed by atoms with Crippen molar-refractivity contribution in [2.75, 3.05) is 6.61 Å². The number of hydrogen-bond donors (Lipinski definition) is 1. The van der Waals surface area contributed by atoms with Crippen molar-refractivity contribution in [2.24, 2.45) is 0 Å². The van der Waals surface area contributed by atoms with E-state index in [1.54, 1.807) is 6.92 Å². The van der Waals surface area contributed by atoms with Gasteiger partial charge in [-0.2, -0.15) is 0 Å². The maximum Gasteiger partial charge on any atom is 0.330 e. The zero-order valence-electron chi connectivity index (χ0n) is 8.74. The minimum Gasteiger partial charge on any atom is -0.478 e. The molecule has 0 rings (SSSR count). The van der Waals surface area contributed by atoms with Gasteiger partial charge in [0.25, 0.3) is 0 Å². The summed E-state index contributed by atoms with van der Waals surface area (Å²) in [5.74, 6) is -1.79. The summed E-state index contributed by atoms with van der Waals surface area (Å²) in [4.78, 5) is 20.2. The van der Waals surface area contributed by atoms with Crippen LogP contribution in [-0.4, -0.2) is 23.7 Å². The summed E-state index contributed by atoms with van der Waals surface area (Å²) in [7, 11) is 0. The largest absolute Gasteiger partial charge is 0.478 e.